The largest absolute Gasteiger partial charge is 0.370 e. The van der Waals surface area contributed by atoms with Crippen molar-refractivity contribution in [1.82, 2.24) is 9.97 Å². The Morgan fingerprint density at radius 1 is 1.06 bits per heavy atom. The molecule has 0 aliphatic heterocycles. The van der Waals surface area contributed by atoms with E-state index in [0.29, 0.717) is 0 Å². The second kappa shape index (κ2) is 7.87. The van der Waals surface area contributed by atoms with Gasteiger partial charge in [-0.25, -0.2) is 9.97 Å². The van der Waals surface area contributed by atoms with Crippen LogP contribution in [0, 0.1) is 5.92 Å². The fraction of sp³-hybridized carbons (Fsp3) is 0.692. The van der Waals surface area contributed by atoms with Crippen LogP contribution in [-0.4, -0.2) is 23.1 Å². The van der Waals surface area contributed by atoms with E-state index in [1.165, 1.54) is 12.8 Å². The average Bonchev–Trinajstić information content (AvgIpc) is 2.38. The molecule has 0 bridgehead atoms. The molecule has 0 radical (unpaired) electrons. The van der Waals surface area contributed by atoms with Crippen molar-refractivity contribution in [3.05, 3.63) is 12.4 Å². The van der Waals surface area contributed by atoms with Crippen LogP contribution in [0.5, 0.6) is 0 Å². The molecule has 0 aliphatic rings. The van der Waals surface area contributed by atoms with E-state index in [0.717, 1.165) is 37.1 Å². The molecule has 96 valence electrons. The Kier molecular flexibility index (Phi) is 6.37. The molecular weight excluding hydrogens is 212 g/mol. The molecule has 0 amide bonds. The molecule has 0 saturated heterocycles. The molecule has 0 unspecified atom stereocenters. The maximum Gasteiger partial charge on any atom is 0.131 e. The smallest absolute Gasteiger partial charge is 0.131 e. The van der Waals surface area contributed by atoms with Crippen molar-refractivity contribution >= 4 is 11.6 Å². The summed E-state index contributed by atoms with van der Waals surface area (Å²) in [6, 6.07) is 1.97. The van der Waals surface area contributed by atoms with E-state index in [1.54, 1.807) is 6.33 Å². The fourth-order valence-corrected chi connectivity index (χ4v) is 1.63. The second-order valence-electron chi connectivity index (χ2n) is 4.28. The van der Waals surface area contributed by atoms with Gasteiger partial charge in [0.05, 0.1) is 0 Å². The fourth-order valence-electron chi connectivity index (χ4n) is 1.63. The predicted octanol–water partition coefficient (Wildman–Crippen LogP) is 3.15. The molecule has 1 heterocycles. The zero-order chi connectivity index (χ0) is 12.5. The molecule has 0 atom stereocenters. The van der Waals surface area contributed by atoms with Crippen LogP contribution in [0.2, 0.25) is 0 Å². The van der Waals surface area contributed by atoms with E-state index in [2.05, 4.69) is 41.4 Å². The third kappa shape index (κ3) is 5.02. The van der Waals surface area contributed by atoms with Crippen molar-refractivity contribution in [2.75, 3.05) is 23.7 Å². The minimum absolute atomic E-state index is 0.719. The van der Waals surface area contributed by atoms with Crippen LogP contribution in [0.3, 0.4) is 0 Å². The molecular formula is C13H24N4. The lowest BCUT2D eigenvalue weighted by molar-refractivity contribution is 0.518. The quantitative estimate of drug-likeness (QED) is 0.728. The van der Waals surface area contributed by atoms with Crippen LogP contribution in [0.25, 0.3) is 0 Å². The van der Waals surface area contributed by atoms with Crippen LogP contribution >= 0.6 is 0 Å². The molecule has 1 rings (SSSR count). The third-order valence-electron chi connectivity index (χ3n) is 2.95. The third-order valence-corrected chi connectivity index (χ3v) is 2.95. The highest BCUT2D eigenvalue weighted by molar-refractivity contribution is 5.46. The van der Waals surface area contributed by atoms with Gasteiger partial charge in [-0.05, 0) is 12.3 Å². The Morgan fingerprint density at radius 3 is 2.29 bits per heavy atom. The SMILES string of the molecule is CCCNc1cc(NCC(CC)CC)ncn1. The van der Waals surface area contributed by atoms with Gasteiger partial charge in [-0.3, -0.25) is 0 Å². The van der Waals surface area contributed by atoms with Crippen LogP contribution in [0.4, 0.5) is 11.6 Å². The van der Waals surface area contributed by atoms with Gasteiger partial charge in [-0.2, -0.15) is 0 Å². The van der Waals surface area contributed by atoms with Crippen LogP contribution in [0.1, 0.15) is 40.0 Å². The van der Waals surface area contributed by atoms with E-state index in [9.17, 15) is 0 Å². The first-order valence-corrected chi connectivity index (χ1v) is 6.59. The summed E-state index contributed by atoms with van der Waals surface area (Å²) in [5.74, 6) is 2.52. The van der Waals surface area contributed by atoms with Gasteiger partial charge < -0.3 is 10.6 Å². The van der Waals surface area contributed by atoms with Gasteiger partial charge in [-0.15, -0.1) is 0 Å². The Bertz CT molecular complexity index is 310. The Balaban J connectivity index is 2.47. The molecule has 0 spiro atoms. The first-order chi connectivity index (χ1) is 8.30. The Labute approximate surface area is 104 Å². The number of hydrogen-bond acceptors (Lipinski definition) is 4. The molecule has 0 aliphatic carbocycles. The number of nitrogens with zero attached hydrogens (tertiary/aromatic N) is 2. The zero-order valence-electron chi connectivity index (χ0n) is 11.2. The highest BCUT2D eigenvalue weighted by Crippen LogP contribution is 2.12. The summed E-state index contributed by atoms with van der Waals surface area (Å²) >= 11 is 0. The average molecular weight is 236 g/mol. The molecule has 1 aromatic heterocycles. The first-order valence-electron chi connectivity index (χ1n) is 6.59. The number of anilines is 2. The Hall–Kier alpha value is -1.32. The summed E-state index contributed by atoms with van der Waals surface area (Å²) in [5.41, 5.74) is 0. The number of aromatic nitrogens is 2. The van der Waals surface area contributed by atoms with Gasteiger partial charge in [0.15, 0.2) is 0 Å². The van der Waals surface area contributed by atoms with Gasteiger partial charge in [0.25, 0.3) is 0 Å². The molecule has 1 aromatic rings. The first kappa shape index (κ1) is 13.7. The van der Waals surface area contributed by atoms with Gasteiger partial charge in [0, 0.05) is 19.2 Å². The summed E-state index contributed by atoms with van der Waals surface area (Å²) in [5, 5.41) is 6.63. The standard InChI is InChI=1S/C13H24N4/c1-4-7-14-12-8-13(17-10-16-12)15-9-11(5-2)6-3/h8,10-11H,4-7,9H2,1-3H3,(H2,14,15,16,17). The van der Waals surface area contributed by atoms with Crippen molar-refractivity contribution in [3.8, 4) is 0 Å². The summed E-state index contributed by atoms with van der Waals surface area (Å²) in [6.45, 7) is 8.52. The monoisotopic (exact) mass is 236 g/mol. The number of hydrogen-bond donors (Lipinski definition) is 2. The van der Waals surface area contributed by atoms with Crippen molar-refractivity contribution in [2.24, 2.45) is 5.92 Å². The zero-order valence-corrected chi connectivity index (χ0v) is 11.2. The van der Waals surface area contributed by atoms with Crippen LogP contribution < -0.4 is 10.6 Å². The van der Waals surface area contributed by atoms with E-state index in [-0.39, 0.29) is 0 Å². The topological polar surface area (TPSA) is 49.8 Å². The molecule has 0 aromatic carbocycles. The van der Waals surface area contributed by atoms with Gasteiger partial charge in [-0.1, -0.05) is 33.6 Å². The van der Waals surface area contributed by atoms with E-state index in [1.807, 2.05) is 6.07 Å². The number of nitrogens with one attached hydrogen (secondary N) is 2. The highest BCUT2D eigenvalue weighted by Gasteiger charge is 2.04. The molecule has 2 N–H and O–H groups in total. The van der Waals surface area contributed by atoms with Crippen molar-refractivity contribution in [3.63, 3.8) is 0 Å². The lowest BCUT2D eigenvalue weighted by Gasteiger charge is -2.14. The maximum absolute atomic E-state index is 4.23. The molecule has 4 nitrogen and oxygen atoms in total. The van der Waals surface area contributed by atoms with Gasteiger partial charge >= 0.3 is 0 Å². The van der Waals surface area contributed by atoms with E-state index >= 15 is 0 Å². The van der Waals surface area contributed by atoms with Crippen molar-refractivity contribution in [2.45, 2.75) is 40.0 Å². The normalized spacial score (nSPS) is 10.6. The summed E-state index contributed by atoms with van der Waals surface area (Å²) in [7, 11) is 0. The van der Waals surface area contributed by atoms with Crippen molar-refractivity contribution < 1.29 is 0 Å². The van der Waals surface area contributed by atoms with Crippen LogP contribution in [0.15, 0.2) is 12.4 Å². The predicted molar refractivity (Wildman–Crippen MR) is 73.4 cm³/mol. The molecule has 17 heavy (non-hydrogen) atoms. The van der Waals surface area contributed by atoms with Crippen molar-refractivity contribution in [1.29, 1.82) is 0 Å². The molecule has 0 fully saturated rings. The number of rotatable bonds is 8. The minimum atomic E-state index is 0.719. The minimum Gasteiger partial charge on any atom is -0.370 e. The highest BCUT2D eigenvalue weighted by atomic mass is 15.1. The van der Waals surface area contributed by atoms with E-state index in [4.69, 9.17) is 0 Å². The second-order valence-corrected chi connectivity index (χ2v) is 4.28. The van der Waals surface area contributed by atoms with Crippen LogP contribution in [-0.2, 0) is 0 Å². The molecule has 4 heteroatoms. The summed E-state index contributed by atoms with van der Waals surface area (Å²) in [4.78, 5) is 8.41. The Morgan fingerprint density at radius 2 is 1.71 bits per heavy atom. The summed E-state index contributed by atoms with van der Waals surface area (Å²) in [6.07, 6.45) is 5.11. The van der Waals surface area contributed by atoms with E-state index < -0.39 is 0 Å². The summed E-state index contributed by atoms with van der Waals surface area (Å²) < 4.78 is 0. The molecule has 0 saturated carbocycles. The van der Waals surface area contributed by atoms with Gasteiger partial charge in [0.2, 0.25) is 0 Å². The maximum atomic E-state index is 4.23. The lowest BCUT2D eigenvalue weighted by Crippen LogP contribution is -2.14. The lowest BCUT2D eigenvalue weighted by atomic mass is 10.0. The van der Waals surface area contributed by atoms with Gasteiger partial charge in [0.1, 0.15) is 18.0 Å².